The summed E-state index contributed by atoms with van der Waals surface area (Å²) < 4.78 is 6.34. The Kier molecular flexibility index (Phi) is 12.0. The van der Waals surface area contributed by atoms with Crippen LogP contribution in [0.15, 0.2) is 0 Å². The standard InChI is InChI=1S/C19H37BrO/c1-3-5-7-9-11-13-18-15-17(20)16-19(21-18)14-12-10-8-6-4-2/h17-19H,3-16H2,1-2H3/t17?,18-,19+. The van der Waals surface area contributed by atoms with E-state index in [9.17, 15) is 0 Å². The lowest BCUT2D eigenvalue weighted by atomic mass is 9.96. The van der Waals surface area contributed by atoms with E-state index in [-0.39, 0.29) is 0 Å². The van der Waals surface area contributed by atoms with Crippen molar-refractivity contribution >= 4 is 15.9 Å². The summed E-state index contributed by atoms with van der Waals surface area (Å²) >= 11 is 3.86. The Labute approximate surface area is 141 Å². The number of unbranched alkanes of at least 4 members (excludes halogenated alkanes) is 8. The molecule has 1 fully saturated rings. The fourth-order valence-corrected chi connectivity index (χ4v) is 4.21. The molecule has 21 heavy (non-hydrogen) atoms. The summed E-state index contributed by atoms with van der Waals surface area (Å²) in [6.07, 6.45) is 19.8. The van der Waals surface area contributed by atoms with Gasteiger partial charge in [-0.1, -0.05) is 94.0 Å². The van der Waals surface area contributed by atoms with Crippen LogP contribution in [-0.4, -0.2) is 17.0 Å². The summed E-state index contributed by atoms with van der Waals surface area (Å²) in [6.45, 7) is 4.57. The lowest BCUT2D eigenvalue weighted by Crippen LogP contribution is -2.33. The Balaban J connectivity index is 2.11. The van der Waals surface area contributed by atoms with Crippen molar-refractivity contribution in [2.24, 2.45) is 0 Å². The third kappa shape index (κ3) is 9.94. The molecule has 0 aliphatic carbocycles. The quantitative estimate of drug-likeness (QED) is 0.268. The second-order valence-corrected chi connectivity index (χ2v) is 8.15. The summed E-state index contributed by atoms with van der Waals surface area (Å²) in [4.78, 5) is 0.688. The molecule has 0 aromatic rings. The molecule has 3 atom stereocenters. The summed E-state index contributed by atoms with van der Waals surface area (Å²) in [5.41, 5.74) is 0. The Morgan fingerprint density at radius 1 is 0.714 bits per heavy atom. The number of alkyl halides is 1. The first-order valence-corrected chi connectivity index (χ1v) is 10.5. The predicted octanol–water partition coefficient (Wildman–Crippen LogP) is 7.02. The van der Waals surface area contributed by atoms with Crippen LogP contribution in [-0.2, 0) is 4.74 Å². The zero-order valence-corrected chi connectivity index (χ0v) is 16.0. The Morgan fingerprint density at radius 2 is 1.14 bits per heavy atom. The van der Waals surface area contributed by atoms with E-state index in [1.54, 1.807) is 0 Å². The molecule has 0 aromatic carbocycles. The minimum atomic E-state index is 0.519. The number of rotatable bonds is 12. The fraction of sp³-hybridized carbons (Fsp3) is 1.00. The van der Waals surface area contributed by atoms with Gasteiger partial charge in [0.05, 0.1) is 12.2 Å². The zero-order valence-electron chi connectivity index (χ0n) is 14.4. The average molecular weight is 361 g/mol. The molecule has 0 bridgehead atoms. The van der Waals surface area contributed by atoms with E-state index in [2.05, 4.69) is 29.8 Å². The minimum absolute atomic E-state index is 0.519. The summed E-state index contributed by atoms with van der Waals surface area (Å²) in [6, 6.07) is 0. The zero-order chi connectivity index (χ0) is 15.3. The molecule has 1 heterocycles. The molecule has 0 N–H and O–H groups in total. The lowest BCUT2D eigenvalue weighted by Gasteiger charge is -2.33. The third-order valence-electron chi connectivity index (χ3n) is 4.68. The fourth-order valence-electron chi connectivity index (χ4n) is 3.37. The molecule has 2 heteroatoms. The van der Waals surface area contributed by atoms with Crippen molar-refractivity contribution in [2.45, 2.75) is 121 Å². The SMILES string of the molecule is CCCCCCC[C@@H]1CC(Br)C[C@H](CCCCCCC)O1. The highest BCUT2D eigenvalue weighted by Crippen LogP contribution is 2.30. The molecule has 1 aliphatic rings. The molecule has 1 unspecified atom stereocenters. The summed E-state index contributed by atoms with van der Waals surface area (Å²) in [5, 5.41) is 0. The molecule has 1 nitrogen and oxygen atoms in total. The van der Waals surface area contributed by atoms with Gasteiger partial charge in [0.2, 0.25) is 0 Å². The first-order chi connectivity index (χ1) is 10.3. The van der Waals surface area contributed by atoms with Crippen LogP contribution in [0, 0.1) is 0 Å². The molecule has 126 valence electrons. The van der Waals surface area contributed by atoms with Gasteiger partial charge in [0.1, 0.15) is 0 Å². The lowest BCUT2D eigenvalue weighted by molar-refractivity contribution is -0.0546. The van der Waals surface area contributed by atoms with E-state index in [4.69, 9.17) is 4.74 Å². The highest BCUT2D eigenvalue weighted by molar-refractivity contribution is 9.09. The van der Waals surface area contributed by atoms with Crippen molar-refractivity contribution in [3.05, 3.63) is 0 Å². The highest BCUT2D eigenvalue weighted by Gasteiger charge is 2.27. The van der Waals surface area contributed by atoms with Crippen molar-refractivity contribution in [3.8, 4) is 0 Å². The number of hydrogen-bond acceptors (Lipinski definition) is 1. The van der Waals surface area contributed by atoms with Gasteiger partial charge in [-0.15, -0.1) is 0 Å². The third-order valence-corrected chi connectivity index (χ3v) is 5.43. The maximum Gasteiger partial charge on any atom is 0.0589 e. The molecule has 0 aromatic heterocycles. The Hall–Kier alpha value is 0.440. The van der Waals surface area contributed by atoms with Gasteiger partial charge in [-0.05, 0) is 25.7 Å². The van der Waals surface area contributed by atoms with Gasteiger partial charge in [-0.2, -0.15) is 0 Å². The number of ether oxygens (including phenoxy) is 1. The van der Waals surface area contributed by atoms with Gasteiger partial charge in [0, 0.05) is 4.83 Å². The molecule has 1 saturated heterocycles. The Bertz CT molecular complexity index is 210. The minimum Gasteiger partial charge on any atom is -0.375 e. The van der Waals surface area contributed by atoms with E-state index >= 15 is 0 Å². The predicted molar refractivity (Wildman–Crippen MR) is 97.4 cm³/mol. The van der Waals surface area contributed by atoms with E-state index in [1.807, 2.05) is 0 Å². The van der Waals surface area contributed by atoms with Gasteiger partial charge in [0.15, 0.2) is 0 Å². The average Bonchev–Trinajstić information content (AvgIpc) is 2.46. The molecule has 1 rings (SSSR count). The van der Waals surface area contributed by atoms with Gasteiger partial charge in [-0.3, -0.25) is 0 Å². The Morgan fingerprint density at radius 3 is 1.57 bits per heavy atom. The van der Waals surface area contributed by atoms with E-state index < -0.39 is 0 Å². The number of hydrogen-bond donors (Lipinski definition) is 0. The normalized spacial score (nSPS) is 26.1. The topological polar surface area (TPSA) is 9.23 Å². The van der Waals surface area contributed by atoms with E-state index in [0.29, 0.717) is 17.0 Å². The van der Waals surface area contributed by atoms with Crippen LogP contribution in [0.2, 0.25) is 0 Å². The van der Waals surface area contributed by atoms with Crippen LogP contribution in [0.4, 0.5) is 0 Å². The first-order valence-electron chi connectivity index (χ1n) is 9.55. The van der Waals surface area contributed by atoms with Crippen LogP contribution >= 0.6 is 15.9 Å². The molecular formula is C19H37BrO. The second-order valence-electron chi connectivity index (χ2n) is 6.85. The van der Waals surface area contributed by atoms with E-state index in [0.717, 1.165) is 0 Å². The van der Waals surface area contributed by atoms with Crippen molar-refractivity contribution in [2.75, 3.05) is 0 Å². The second kappa shape index (κ2) is 12.9. The smallest absolute Gasteiger partial charge is 0.0589 e. The maximum absolute atomic E-state index is 6.34. The first kappa shape index (κ1) is 19.5. The van der Waals surface area contributed by atoms with Crippen molar-refractivity contribution < 1.29 is 4.74 Å². The van der Waals surface area contributed by atoms with Crippen molar-refractivity contribution in [1.82, 2.24) is 0 Å². The van der Waals surface area contributed by atoms with Crippen molar-refractivity contribution in [1.29, 1.82) is 0 Å². The van der Waals surface area contributed by atoms with Gasteiger partial charge in [0.25, 0.3) is 0 Å². The molecule has 0 spiro atoms. The molecule has 1 aliphatic heterocycles. The monoisotopic (exact) mass is 360 g/mol. The van der Waals surface area contributed by atoms with Crippen LogP contribution in [0.3, 0.4) is 0 Å². The van der Waals surface area contributed by atoms with Crippen molar-refractivity contribution in [3.63, 3.8) is 0 Å². The van der Waals surface area contributed by atoms with Crippen LogP contribution in [0.1, 0.15) is 104 Å². The molecule has 0 amide bonds. The summed E-state index contributed by atoms with van der Waals surface area (Å²) in [7, 11) is 0. The largest absolute Gasteiger partial charge is 0.375 e. The maximum atomic E-state index is 6.34. The molecule has 0 radical (unpaired) electrons. The number of halogens is 1. The summed E-state index contributed by atoms with van der Waals surface area (Å²) in [5.74, 6) is 0. The molecule has 0 saturated carbocycles. The van der Waals surface area contributed by atoms with Crippen LogP contribution in [0.25, 0.3) is 0 Å². The van der Waals surface area contributed by atoms with Crippen LogP contribution < -0.4 is 0 Å². The van der Waals surface area contributed by atoms with Crippen LogP contribution in [0.5, 0.6) is 0 Å². The van der Waals surface area contributed by atoms with Gasteiger partial charge < -0.3 is 4.74 Å². The van der Waals surface area contributed by atoms with Gasteiger partial charge >= 0.3 is 0 Å². The molecular weight excluding hydrogens is 324 g/mol. The van der Waals surface area contributed by atoms with Gasteiger partial charge in [-0.25, -0.2) is 0 Å². The van der Waals surface area contributed by atoms with E-state index in [1.165, 1.54) is 89.9 Å². The highest BCUT2D eigenvalue weighted by atomic mass is 79.9.